The third-order valence-corrected chi connectivity index (χ3v) is 2.58. The molecule has 0 fully saturated rings. The molecule has 0 aliphatic heterocycles. The van der Waals surface area contributed by atoms with Gasteiger partial charge in [0.25, 0.3) is 0 Å². The molecular weight excluding hydrogens is 228 g/mol. The predicted octanol–water partition coefficient (Wildman–Crippen LogP) is 1.14. The fourth-order valence-corrected chi connectivity index (χ4v) is 1.09. The smallest absolute Gasteiger partial charge is 0.242 e. The van der Waals surface area contributed by atoms with Crippen molar-refractivity contribution < 1.29 is 9.59 Å². The minimum absolute atomic E-state index is 0.163. The van der Waals surface area contributed by atoms with Gasteiger partial charge in [-0.05, 0) is 12.8 Å². The number of carbonyl (C=O) groups excluding carboxylic acids is 2. The highest BCUT2D eigenvalue weighted by molar-refractivity contribution is 6.19. The maximum absolute atomic E-state index is 11.5. The predicted molar refractivity (Wildman–Crippen MR) is 65.3 cm³/mol. The number of rotatable bonds is 6. The van der Waals surface area contributed by atoms with Crippen LogP contribution in [0.5, 0.6) is 0 Å². The minimum Gasteiger partial charge on any atom is -0.354 e. The lowest BCUT2D eigenvalue weighted by Gasteiger charge is -2.16. The molecule has 94 valence electrons. The second-order valence-electron chi connectivity index (χ2n) is 4.42. The fraction of sp³-hybridized carbons (Fsp3) is 0.818. The number of alkyl halides is 1. The van der Waals surface area contributed by atoms with E-state index in [1.165, 1.54) is 0 Å². The van der Waals surface area contributed by atoms with Gasteiger partial charge in [-0.1, -0.05) is 20.8 Å². The molecule has 0 bridgehead atoms. The van der Waals surface area contributed by atoms with Crippen molar-refractivity contribution in [1.82, 2.24) is 10.6 Å². The highest BCUT2D eigenvalue weighted by atomic mass is 35.5. The quantitative estimate of drug-likeness (QED) is 0.693. The van der Waals surface area contributed by atoms with Crippen LogP contribution in [-0.4, -0.2) is 30.3 Å². The molecule has 0 rings (SSSR count). The van der Waals surface area contributed by atoms with Gasteiger partial charge in [0.05, 0.1) is 0 Å². The zero-order valence-electron chi connectivity index (χ0n) is 10.3. The topological polar surface area (TPSA) is 58.2 Å². The summed E-state index contributed by atoms with van der Waals surface area (Å²) < 4.78 is 0. The average Bonchev–Trinajstić information content (AvgIpc) is 2.24. The van der Waals surface area contributed by atoms with Crippen LogP contribution in [0.15, 0.2) is 0 Å². The summed E-state index contributed by atoms with van der Waals surface area (Å²) in [7, 11) is 0. The number of nitrogens with one attached hydrogen (secondary N) is 2. The first-order valence-corrected chi connectivity index (χ1v) is 6.06. The number of amides is 2. The first-order chi connectivity index (χ1) is 7.38. The van der Waals surface area contributed by atoms with Crippen LogP contribution in [0.4, 0.5) is 0 Å². The van der Waals surface area contributed by atoms with E-state index in [1.54, 1.807) is 13.8 Å². The molecule has 4 nitrogen and oxygen atoms in total. The number of halogens is 1. The zero-order valence-corrected chi connectivity index (χ0v) is 11.1. The van der Waals surface area contributed by atoms with Crippen LogP contribution < -0.4 is 10.6 Å². The molecule has 0 aliphatic rings. The van der Waals surface area contributed by atoms with Crippen molar-refractivity contribution in [2.45, 2.75) is 33.7 Å². The molecule has 2 unspecified atom stereocenters. The van der Waals surface area contributed by atoms with Crippen LogP contribution in [0.2, 0.25) is 0 Å². The maximum Gasteiger partial charge on any atom is 0.242 e. The van der Waals surface area contributed by atoms with E-state index in [9.17, 15) is 9.59 Å². The Bertz CT molecular complexity index is 244. The number of hydrogen-bond acceptors (Lipinski definition) is 2. The first-order valence-electron chi connectivity index (χ1n) is 5.52. The third kappa shape index (κ3) is 5.95. The molecule has 0 heterocycles. The summed E-state index contributed by atoms with van der Waals surface area (Å²) in [5, 5.41) is 5.38. The number of hydrogen-bond donors (Lipinski definition) is 2. The van der Waals surface area contributed by atoms with E-state index in [4.69, 9.17) is 11.6 Å². The van der Waals surface area contributed by atoms with Gasteiger partial charge in [-0.3, -0.25) is 9.59 Å². The summed E-state index contributed by atoms with van der Waals surface area (Å²) in [5.41, 5.74) is 0. The molecule has 0 spiro atoms. The van der Waals surface area contributed by atoms with Crippen molar-refractivity contribution >= 4 is 23.4 Å². The monoisotopic (exact) mass is 248 g/mol. The largest absolute Gasteiger partial charge is 0.354 e. The Hall–Kier alpha value is -0.770. The molecule has 0 aliphatic carbocycles. The molecule has 0 aromatic rings. The molecule has 0 saturated heterocycles. The summed E-state index contributed by atoms with van der Waals surface area (Å²) >= 11 is 5.55. The summed E-state index contributed by atoms with van der Waals surface area (Å²) in [6.07, 6.45) is 0. The van der Waals surface area contributed by atoms with E-state index in [1.807, 2.05) is 13.8 Å². The van der Waals surface area contributed by atoms with E-state index in [0.29, 0.717) is 12.5 Å². The van der Waals surface area contributed by atoms with Crippen LogP contribution in [-0.2, 0) is 9.59 Å². The Morgan fingerprint density at radius 2 is 1.69 bits per heavy atom. The molecule has 2 amide bonds. The van der Waals surface area contributed by atoms with Crippen molar-refractivity contribution in [2.75, 3.05) is 12.4 Å². The number of carbonyl (C=O) groups is 2. The molecule has 0 radical (unpaired) electrons. The van der Waals surface area contributed by atoms with E-state index in [0.717, 1.165) is 0 Å². The summed E-state index contributed by atoms with van der Waals surface area (Å²) in [6, 6.07) is -0.517. The summed E-state index contributed by atoms with van der Waals surface area (Å²) in [4.78, 5) is 23.0. The first kappa shape index (κ1) is 15.2. The van der Waals surface area contributed by atoms with Gasteiger partial charge in [0, 0.05) is 18.3 Å². The Balaban J connectivity index is 4.00. The minimum atomic E-state index is -0.517. The highest BCUT2D eigenvalue weighted by Crippen LogP contribution is 1.98. The zero-order chi connectivity index (χ0) is 12.7. The standard InChI is InChI=1S/C11H21ClN2O2/c1-7(2)6-13-11(16)9(4)14-10(15)8(3)5-12/h7-9H,5-6H2,1-4H3,(H,13,16)(H,14,15). The van der Waals surface area contributed by atoms with E-state index >= 15 is 0 Å². The second-order valence-corrected chi connectivity index (χ2v) is 4.73. The molecule has 0 aromatic carbocycles. The van der Waals surface area contributed by atoms with Crippen LogP contribution in [0.1, 0.15) is 27.7 Å². The van der Waals surface area contributed by atoms with Crippen LogP contribution in [0.25, 0.3) is 0 Å². The van der Waals surface area contributed by atoms with Gasteiger partial charge in [-0.15, -0.1) is 11.6 Å². The molecule has 5 heteroatoms. The SMILES string of the molecule is CC(C)CNC(=O)C(C)NC(=O)C(C)CCl. The van der Waals surface area contributed by atoms with Crippen molar-refractivity contribution in [3.8, 4) is 0 Å². The van der Waals surface area contributed by atoms with Crippen molar-refractivity contribution in [2.24, 2.45) is 11.8 Å². The Morgan fingerprint density at radius 3 is 2.12 bits per heavy atom. The van der Waals surface area contributed by atoms with E-state index in [2.05, 4.69) is 10.6 Å². The van der Waals surface area contributed by atoms with Gasteiger partial charge >= 0.3 is 0 Å². The maximum atomic E-state index is 11.5. The normalized spacial score (nSPS) is 14.4. The summed E-state index contributed by atoms with van der Waals surface area (Å²) in [5.74, 6) is 0.0215. The Kier molecular flexibility index (Phi) is 7.13. The summed E-state index contributed by atoms with van der Waals surface area (Å²) in [6.45, 7) is 8.03. The lowest BCUT2D eigenvalue weighted by Crippen LogP contribution is -2.47. The van der Waals surface area contributed by atoms with Gasteiger partial charge in [0.1, 0.15) is 6.04 Å². The van der Waals surface area contributed by atoms with E-state index < -0.39 is 6.04 Å². The van der Waals surface area contributed by atoms with Crippen LogP contribution in [0.3, 0.4) is 0 Å². The van der Waals surface area contributed by atoms with Crippen LogP contribution >= 0.6 is 11.6 Å². The van der Waals surface area contributed by atoms with E-state index in [-0.39, 0.29) is 23.6 Å². The van der Waals surface area contributed by atoms with Crippen molar-refractivity contribution in [3.63, 3.8) is 0 Å². The lowest BCUT2D eigenvalue weighted by molar-refractivity contribution is -0.130. The Labute approximate surface area is 102 Å². The average molecular weight is 249 g/mol. The Morgan fingerprint density at radius 1 is 1.12 bits per heavy atom. The van der Waals surface area contributed by atoms with Crippen molar-refractivity contribution in [1.29, 1.82) is 0 Å². The molecule has 2 atom stereocenters. The van der Waals surface area contributed by atoms with Gasteiger partial charge < -0.3 is 10.6 Å². The molecule has 16 heavy (non-hydrogen) atoms. The molecular formula is C11H21ClN2O2. The lowest BCUT2D eigenvalue weighted by atomic mass is 10.2. The van der Waals surface area contributed by atoms with Gasteiger partial charge in [0.2, 0.25) is 11.8 Å². The van der Waals surface area contributed by atoms with Gasteiger partial charge in [0.15, 0.2) is 0 Å². The fourth-order valence-electron chi connectivity index (χ4n) is 0.949. The molecule has 0 aromatic heterocycles. The highest BCUT2D eigenvalue weighted by Gasteiger charge is 2.18. The van der Waals surface area contributed by atoms with Gasteiger partial charge in [-0.25, -0.2) is 0 Å². The molecule has 2 N–H and O–H groups in total. The second kappa shape index (κ2) is 7.49. The van der Waals surface area contributed by atoms with Crippen LogP contribution in [0, 0.1) is 11.8 Å². The van der Waals surface area contributed by atoms with Gasteiger partial charge in [-0.2, -0.15) is 0 Å². The third-order valence-electron chi connectivity index (χ3n) is 2.12. The molecule has 0 saturated carbocycles. The van der Waals surface area contributed by atoms with Crippen molar-refractivity contribution in [3.05, 3.63) is 0 Å².